The first-order chi connectivity index (χ1) is 7.54. The van der Waals surface area contributed by atoms with Crippen LogP contribution in [0.15, 0.2) is 23.1 Å². The summed E-state index contributed by atoms with van der Waals surface area (Å²) in [4.78, 5) is 11.6. The van der Waals surface area contributed by atoms with E-state index in [4.69, 9.17) is 21.8 Å². The average molecular weight is 261 g/mol. The van der Waals surface area contributed by atoms with Gasteiger partial charge in [-0.05, 0) is 24.1 Å². The topological polar surface area (TPSA) is 57.5 Å². The van der Waals surface area contributed by atoms with Gasteiger partial charge in [0.2, 0.25) is 0 Å². The van der Waals surface area contributed by atoms with Crippen LogP contribution >= 0.6 is 23.4 Å². The number of carboxylic acid groups (broad SMARTS) is 1. The summed E-state index contributed by atoms with van der Waals surface area (Å²) in [5.74, 6) is -0.165. The molecule has 1 aromatic rings. The third-order valence-corrected chi connectivity index (χ3v) is 3.64. The molecule has 2 N–H and O–H groups in total. The quantitative estimate of drug-likeness (QED) is 0.800. The minimum absolute atomic E-state index is 0.100. The maximum absolute atomic E-state index is 11.0. The lowest BCUT2D eigenvalue weighted by Crippen LogP contribution is -2.05. The normalized spacial score (nSPS) is 12.4. The van der Waals surface area contributed by atoms with E-state index < -0.39 is 5.97 Å². The van der Waals surface area contributed by atoms with Crippen molar-refractivity contribution in [2.45, 2.75) is 11.8 Å². The molecule has 1 unspecified atom stereocenters. The summed E-state index contributed by atoms with van der Waals surface area (Å²) in [6.45, 7) is 2.01. The molecule has 0 fully saturated rings. The number of thioether (sulfide) groups is 1. The van der Waals surface area contributed by atoms with E-state index >= 15 is 0 Å². The fourth-order valence-electron chi connectivity index (χ4n) is 1.08. The predicted octanol–water partition coefficient (Wildman–Crippen LogP) is 2.76. The van der Waals surface area contributed by atoms with E-state index in [0.29, 0.717) is 15.7 Å². The van der Waals surface area contributed by atoms with E-state index in [-0.39, 0.29) is 18.1 Å². The van der Waals surface area contributed by atoms with Crippen LogP contribution < -0.4 is 0 Å². The molecule has 0 aliphatic heterocycles. The monoisotopic (exact) mass is 260 g/mol. The summed E-state index contributed by atoms with van der Waals surface area (Å²) < 4.78 is 0. The number of hydrogen-bond acceptors (Lipinski definition) is 3. The standard InChI is InChI=1S/C11H13ClO3S/c1-7(5-13)6-16-10-3-2-8(12)4-9(10)11(14)15/h2-4,7,13H,5-6H2,1H3,(H,14,15). The molecule has 0 bridgehead atoms. The molecule has 0 aliphatic rings. The summed E-state index contributed by atoms with van der Waals surface area (Å²) in [6, 6.07) is 4.80. The molecule has 88 valence electrons. The van der Waals surface area contributed by atoms with E-state index in [1.165, 1.54) is 17.8 Å². The maximum Gasteiger partial charge on any atom is 0.336 e. The van der Waals surface area contributed by atoms with Gasteiger partial charge in [0.15, 0.2) is 0 Å². The first kappa shape index (κ1) is 13.4. The number of aliphatic hydroxyl groups excluding tert-OH is 1. The highest BCUT2D eigenvalue weighted by Gasteiger charge is 2.12. The highest BCUT2D eigenvalue weighted by Crippen LogP contribution is 2.27. The summed E-state index contributed by atoms with van der Waals surface area (Å²) in [5, 5.41) is 18.3. The van der Waals surface area contributed by atoms with Gasteiger partial charge in [-0.15, -0.1) is 11.8 Å². The second-order valence-electron chi connectivity index (χ2n) is 3.54. The zero-order valence-electron chi connectivity index (χ0n) is 8.81. The van der Waals surface area contributed by atoms with Crippen molar-refractivity contribution in [3.8, 4) is 0 Å². The minimum Gasteiger partial charge on any atom is -0.478 e. The highest BCUT2D eigenvalue weighted by atomic mass is 35.5. The van der Waals surface area contributed by atoms with Gasteiger partial charge in [0.05, 0.1) is 5.56 Å². The van der Waals surface area contributed by atoms with E-state index in [0.717, 1.165) is 0 Å². The Hall–Kier alpha value is -0.710. The third-order valence-electron chi connectivity index (χ3n) is 2.01. The van der Waals surface area contributed by atoms with Crippen molar-refractivity contribution in [3.05, 3.63) is 28.8 Å². The van der Waals surface area contributed by atoms with Crippen LogP contribution in [-0.4, -0.2) is 28.5 Å². The molecule has 0 saturated heterocycles. The van der Waals surface area contributed by atoms with E-state index in [1.807, 2.05) is 6.92 Å². The van der Waals surface area contributed by atoms with Crippen molar-refractivity contribution >= 4 is 29.3 Å². The van der Waals surface area contributed by atoms with Crippen LogP contribution in [0.5, 0.6) is 0 Å². The molecule has 3 nitrogen and oxygen atoms in total. The van der Waals surface area contributed by atoms with Crippen molar-refractivity contribution in [2.75, 3.05) is 12.4 Å². The number of benzene rings is 1. The second-order valence-corrected chi connectivity index (χ2v) is 5.04. The molecule has 1 aromatic carbocycles. The van der Waals surface area contributed by atoms with Crippen LogP contribution in [0.3, 0.4) is 0 Å². The molecule has 0 aromatic heterocycles. The fraction of sp³-hybridized carbons (Fsp3) is 0.364. The van der Waals surface area contributed by atoms with Crippen LogP contribution in [0.2, 0.25) is 5.02 Å². The predicted molar refractivity (Wildman–Crippen MR) is 65.4 cm³/mol. The van der Waals surface area contributed by atoms with E-state index in [9.17, 15) is 4.79 Å². The van der Waals surface area contributed by atoms with Crippen LogP contribution in [0, 0.1) is 5.92 Å². The summed E-state index contributed by atoms with van der Waals surface area (Å²) >= 11 is 7.16. The highest BCUT2D eigenvalue weighted by molar-refractivity contribution is 7.99. The SMILES string of the molecule is CC(CO)CSc1ccc(Cl)cc1C(=O)O. The van der Waals surface area contributed by atoms with Gasteiger partial charge in [-0.3, -0.25) is 0 Å². The number of carbonyl (C=O) groups is 1. The number of carboxylic acids is 1. The lowest BCUT2D eigenvalue weighted by atomic mass is 10.2. The third kappa shape index (κ3) is 3.70. The molecule has 0 radical (unpaired) electrons. The molecule has 0 spiro atoms. The molecule has 0 aliphatic carbocycles. The number of aliphatic hydroxyl groups is 1. The maximum atomic E-state index is 11.0. The summed E-state index contributed by atoms with van der Waals surface area (Å²) in [6.07, 6.45) is 0. The Morgan fingerprint density at radius 1 is 1.56 bits per heavy atom. The Labute approximate surface area is 103 Å². The summed E-state index contributed by atoms with van der Waals surface area (Å²) in [7, 11) is 0. The Morgan fingerprint density at radius 3 is 2.81 bits per heavy atom. The van der Waals surface area contributed by atoms with Crippen LogP contribution in [0.4, 0.5) is 0 Å². The molecular weight excluding hydrogens is 248 g/mol. The molecule has 0 heterocycles. The molecule has 16 heavy (non-hydrogen) atoms. The Balaban J connectivity index is 2.82. The van der Waals surface area contributed by atoms with Gasteiger partial charge < -0.3 is 10.2 Å². The van der Waals surface area contributed by atoms with Crippen LogP contribution in [0.1, 0.15) is 17.3 Å². The fourth-order valence-corrected chi connectivity index (χ4v) is 2.29. The number of hydrogen-bond donors (Lipinski definition) is 2. The molecule has 1 rings (SSSR count). The van der Waals surface area contributed by atoms with Gasteiger partial charge in [0.1, 0.15) is 0 Å². The first-order valence-corrected chi connectivity index (χ1v) is 6.17. The first-order valence-electron chi connectivity index (χ1n) is 4.81. The zero-order chi connectivity index (χ0) is 12.1. The zero-order valence-corrected chi connectivity index (χ0v) is 10.4. The number of halogens is 1. The molecule has 1 atom stereocenters. The number of rotatable bonds is 5. The largest absolute Gasteiger partial charge is 0.478 e. The average Bonchev–Trinajstić information content (AvgIpc) is 2.26. The second kappa shape index (κ2) is 6.13. The van der Waals surface area contributed by atoms with Gasteiger partial charge >= 0.3 is 5.97 Å². The van der Waals surface area contributed by atoms with Gasteiger partial charge in [0.25, 0.3) is 0 Å². The molecule has 0 saturated carbocycles. The van der Waals surface area contributed by atoms with Crippen molar-refractivity contribution in [3.63, 3.8) is 0 Å². The van der Waals surface area contributed by atoms with Gasteiger partial charge in [-0.2, -0.15) is 0 Å². The molecular formula is C11H13ClO3S. The van der Waals surface area contributed by atoms with Crippen molar-refractivity contribution in [1.29, 1.82) is 0 Å². The molecule has 5 heteroatoms. The van der Waals surface area contributed by atoms with E-state index in [1.54, 1.807) is 12.1 Å². The van der Waals surface area contributed by atoms with Crippen molar-refractivity contribution in [1.82, 2.24) is 0 Å². The van der Waals surface area contributed by atoms with Gasteiger partial charge in [0, 0.05) is 22.3 Å². The van der Waals surface area contributed by atoms with Crippen molar-refractivity contribution < 1.29 is 15.0 Å². The van der Waals surface area contributed by atoms with Gasteiger partial charge in [-0.1, -0.05) is 18.5 Å². The lowest BCUT2D eigenvalue weighted by Gasteiger charge is -2.09. The Morgan fingerprint density at radius 2 is 2.25 bits per heavy atom. The van der Waals surface area contributed by atoms with Crippen LogP contribution in [-0.2, 0) is 0 Å². The molecule has 0 amide bonds. The Kier molecular flexibility index (Phi) is 5.12. The minimum atomic E-state index is -0.985. The summed E-state index contributed by atoms with van der Waals surface area (Å²) in [5.41, 5.74) is 0.211. The number of aromatic carboxylic acids is 1. The smallest absolute Gasteiger partial charge is 0.336 e. The Bertz CT molecular complexity index is 381. The van der Waals surface area contributed by atoms with Crippen LogP contribution in [0.25, 0.3) is 0 Å². The van der Waals surface area contributed by atoms with Gasteiger partial charge in [-0.25, -0.2) is 4.79 Å². The van der Waals surface area contributed by atoms with Crippen molar-refractivity contribution in [2.24, 2.45) is 5.92 Å². The van der Waals surface area contributed by atoms with E-state index in [2.05, 4.69) is 0 Å². The lowest BCUT2D eigenvalue weighted by molar-refractivity contribution is 0.0693.